The van der Waals surface area contributed by atoms with Crippen molar-refractivity contribution in [1.82, 2.24) is 0 Å². The smallest absolute Gasteiger partial charge is 0.243 e. The van der Waals surface area contributed by atoms with E-state index in [1.807, 2.05) is 6.92 Å². The molecule has 0 N–H and O–H groups in total. The molecule has 0 fully saturated rings. The second kappa shape index (κ2) is 1.76. The first-order chi connectivity index (χ1) is 3.29. The van der Waals surface area contributed by atoms with Crippen LogP contribution in [-0.2, 0) is 0 Å². The molecule has 0 saturated heterocycles. The van der Waals surface area contributed by atoms with Crippen molar-refractivity contribution in [3.8, 4) is 0 Å². The average molecular weight is 132 g/mol. The van der Waals surface area contributed by atoms with E-state index in [-0.39, 0.29) is 4.74 Å². The Morgan fingerprint density at radius 2 is 2.29 bits per heavy atom. The molecule has 0 radical (unpaired) electrons. The van der Waals surface area contributed by atoms with E-state index in [0.717, 1.165) is 4.88 Å². The van der Waals surface area contributed by atoms with E-state index >= 15 is 0 Å². The minimum Gasteiger partial charge on any atom is -0.277 e. The Morgan fingerprint density at radius 1 is 1.57 bits per heavy atom. The zero-order valence-electron chi connectivity index (χ0n) is 3.80. The molecule has 7 heavy (non-hydrogen) atoms. The molecule has 0 atom stereocenters. The summed E-state index contributed by atoms with van der Waals surface area (Å²) in [6.45, 7) is 1.93. The Labute approximate surface area is 48.6 Å². The average Bonchev–Trinajstić information content (AvgIpc) is 1.87. The highest BCUT2D eigenvalue weighted by Crippen LogP contribution is 2.05. The van der Waals surface area contributed by atoms with E-state index in [4.69, 9.17) is 0 Å². The monoisotopic (exact) mass is 132 g/mol. The fraction of sp³-hybridized carbons (Fsp3) is 0.250. The molecule has 0 aliphatic rings. The molecule has 38 valence electrons. The van der Waals surface area contributed by atoms with Crippen LogP contribution < -0.4 is 4.74 Å². The molecule has 0 saturated carbocycles. The molecule has 1 aromatic heterocycles. The van der Waals surface area contributed by atoms with Gasteiger partial charge in [0.2, 0.25) is 4.74 Å². The Bertz CT molecular complexity index is 197. The van der Waals surface area contributed by atoms with Gasteiger partial charge in [-0.2, -0.15) is 0 Å². The second-order valence-corrected chi connectivity index (χ2v) is 3.62. The Kier molecular flexibility index (Phi) is 1.25. The number of hydrogen-bond donors (Lipinski definition) is 0. The molecule has 0 aliphatic heterocycles. The van der Waals surface area contributed by atoms with Gasteiger partial charge in [-0.05, 0) is 17.3 Å². The van der Waals surface area contributed by atoms with Crippen molar-refractivity contribution < 1.29 is 0 Å². The lowest BCUT2D eigenvalue weighted by Crippen LogP contribution is -1.80. The van der Waals surface area contributed by atoms with Crippen molar-refractivity contribution in [2.45, 2.75) is 6.92 Å². The molecule has 1 nitrogen and oxygen atoms in total. The Hall–Kier alpha value is -0.150. The summed E-state index contributed by atoms with van der Waals surface area (Å²) in [5.74, 6) is 0. The summed E-state index contributed by atoms with van der Waals surface area (Å²) in [5, 5.41) is 0. The predicted octanol–water partition coefficient (Wildman–Crippen LogP) is 1.48. The third kappa shape index (κ3) is 1.11. The van der Waals surface area contributed by atoms with Crippen LogP contribution in [0, 0.1) is 6.92 Å². The van der Waals surface area contributed by atoms with E-state index < -0.39 is 0 Å². The van der Waals surface area contributed by atoms with Gasteiger partial charge in [0.25, 0.3) is 0 Å². The maximum absolute atomic E-state index is 10.3. The summed E-state index contributed by atoms with van der Waals surface area (Å²) in [5.41, 5.74) is 0. The predicted molar refractivity (Wildman–Crippen MR) is 33.2 cm³/mol. The van der Waals surface area contributed by atoms with E-state index in [9.17, 15) is 4.79 Å². The molecule has 0 unspecified atom stereocenters. The van der Waals surface area contributed by atoms with Gasteiger partial charge in [-0.3, -0.25) is 4.79 Å². The van der Waals surface area contributed by atoms with Crippen LogP contribution in [0.5, 0.6) is 0 Å². The molecule has 3 heteroatoms. The molecule has 1 aromatic rings. The van der Waals surface area contributed by atoms with Crippen LogP contribution in [0.1, 0.15) is 4.88 Å². The lowest BCUT2D eigenvalue weighted by Gasteiger charge is -1.63. The molecular weight excluding hydrogens is 128 g/mol. The fourth-order valence-electron chi connectivity index (χ4n) is 0.321. The van der Waals surface area contributed by atoms with Gasteiger partial charge in [-0.1, -0.05) is 10.3 Å². The zero-order chi connectivity index (χ0) is 5.28. The third-order valence-corrected chi connectivity index (χ3v) is 2.85. The van der Waals surface area contributed by atoms with E-state index in [2.05, 4.69) is 0 Å². The van der Waals surface area contributed by atoms with Gasteiger partial charge in [0.15, 0.2) is 0 Å². The topological polar surface area (TPSA) is 17.1 Å². The summed E-state index contributed by atoms with van der Waals surface area (Å²) in [4.78, 5) is 11.4. The third-order valence-electron chi connectivity index (χ3n) is 0.576. The maximum Gasteiger partial charge on any atom is 0.243 e. The van der Waals surface area contributed by atoms with E-state index in [1.165, 1.54) is 20.7 Å². The highest BCUT2D eigenvalue weighted by Gasteiger charge is 1.85. The minimum absolute atomic E-state index is 0.169. The Balaban J connectivity index is 3.30. The van der Waals surface area contributed by atoms with Crippen molar-refractivity contribution in [3.63, 3.8) is 0 Å². The zero-order valence-corrected chi connectivity index (χ0v) is 5.44. The maximum atomic E-state index is 10.3. The van der Waals surface area contributed by atoms with E-state index in [1.54, 1.807) is 6.07 Å². The Morgan fingerprint density at radius 3 is 2.43 bits per heavy atom. The van der Waals surface area contributed by atoms with Crippen LogP contribution in [0.4, 0.5) is 0 Å². The quantitative estimate of drug-likeness (QED) is 0.489. The van der Waals surface area contributed by atoms with Gasteiger partial charge in [0.05, 0.1) is 0 Å². The number of hydrogen-bond acceptors (Lipinski definition) is 3. The molecule has 0 aromatic carbocycles. The summed E-state index contributed by atoms with van der Waals surface area (Å²) < 4.78 is 0.169. The molecule has 0 amide bonds. The fourth-order valence-corrected chi connectivity index (χ4v) is 1.92. The van der Waals surface area contributed by atoms with Crippen molar-refractivity contribution in [1.29, 1.82) is 0 Å². The first kappa shape index (κ1) is 5.00. The summed E-state index contributed by atoms with van der Waals surface area (Å²) in [6.07, 6.45) is 0. The van der Waals surface area contributed by atoms with Crippen molar-refractivity contribution in [2.75, 3.05) is 0 Å². The lowest BCUT2D eigenvalue weighted by atomic mass is 10.6. The van der Waals surface area contributed by atoms with Crippen LogP contribution >= 0.6 is 20.7 Å². The second-order valence-electron chi connectivity index (χ2n) is 1.24. The molecule has 0 bridgehead atoms. The van der Waals surface area contributed by atoms with Crippen LogP contribution in [-0.4, -0.2) is 0 Å². The number of rotatable bonds is 0. The molecule has 1 heterocycles. The molecule has 1 rings (SSSR count). The van der Waals surface area contributed by atoms with Gasteiger partial charge in [0, 0.05) is 10.9 Å². The lowest BCUT2D eigenvalue weighted by molar-refractivity contribution is 1.62. The highest BCUT2D eigenvalue weighted by molar-refractivity contribution is 7.68. The molecule has 0 spiro atoms. The largest absolute Gasteiger partial charge is 0.277 e. The van der Waals surface area contributed by atoms with Crippen LogP contribution in [0.2, 0.25) is 0 Å². The molecular formula is C4H4OS2. The van der Waals surface area contributed by atoms with Gasteiger partial charge >= 0.3 is 0 Å². The van der Waals surface area contributed by atoms with Gasteiger partial charge in [0.1, 0.15) is 0 Å². The van der Waals surface area contributed by atoms with Crippen LogP contribution in [0.3, 0.4) is 0 Å². The van der Waals surface area contributed by atoms with E-state index in [0.29, 0.717) is 0 Å². The van der Waals surface area contributed by atoms with Crippen molar-refractivity contribution in [2.24, 2.45) is 0 Å². The summed E-state index contributed by atoms with van der Waals surface area (Å²) >= 11 is 0. The standard InChI is InChI=1S/C4H4OS2/c1-3-2-4(5)7-6-3/h2H,1H3. The first-order valence-corrected chi connectivity index (χ1v) is 4.01. The van der Waals surface area contributed by atoms with Crippen molar-refractivity contribution >= 4 is 20.7 Å². The SMILES string of the molecule is Cc1cc(=O)ss1. The minimum atomic E-state index is 0.169. The molecule has 0 aliphatic carbocycles. The summed E-state index contributed by atoms with van der Waals surface area (Å²) in [6, 6.07) is 1.65. The number of aryl methyl sites for hydroxylation is 1. The highest BCUT2D eigenvalue weighted by atomic mass is 32.9. The van der Waals surface area contributed by atoms with Crippen molar-refractivity contribution in [3.05, 3.63) is 20.5 Å². The van der Waals surface area contributed by atoms with Crippen LogP contribution in [0.25, 0.3) is 0 Å². The normalized spacial score (nSPS) is 9.29. The van der Waals surface area contributed by atoms with Gasteiger partial charge in [-0.15, -0.1) is 0 Å². The summed E-state index contributed by atoms with van der Waals surface area (Å²) in [7, 11) is 2.82. The van der Waals surface area contributed by atoms with Gasteiger partial charge in [-0.25, -0.2) is 0 Å². The van der Waals surface area contributed by atoms with Gasteiger partial charge < -0.3 is 0 Å². The van der Waals surface area contributed by atoms with Crippen LogP contribution in [0.15, 0.2) is 10.9 Å². The first-order valence-electron chi connectivity index (χ1n) is 1.86.